The molecule has 1 saturated heterocycles. The number of hydrogen-bond acceptors (Lipinski definition) is 4. The lowest BCUT2D eigenvalue weighted by molar-refractivity contribution is -0.148. The maximum Gasteiger partial charge on any atom is 0.312 e. The van der Waals surface area contributed by atoms with Gasteiger partial charge in [-0.2, -0.15) is 0 Å². The van der Waals surface area contributed by atoms with E-state index in [4.69, 9.17) is 4.74 Å². The van der Waals surface area contributed by atoms with Gasteiger partial charge in [0.05, 0.1) is 22.7 Å². The third-order valence-electron chi connectivity index (χ3n) is 5.40. The van der Waals surface area contributed by atoms with Crippen LogP contribution in [0.4, 0.5) is 0 Å². The highest BCUT2D eigenvalue weighted by Crippen LogP contribution is 2.35. The number of carboxylic acids is 1. The van der Waals surface area contributed by atoms with Crippen LogP contribution < -0.4 is 0 Å². The van der Waals surface area contributed by atoms with Gasteiger partial charge in [-0.05, 0) is 53.6 Å². The predicted octanol–water partition coefficient (Wildman–Crippen LogP) is 2.72. The van der Waals surface area contributed by atoms with Crippen molar-refractivity contribution in [2.75, 3.05) is 19.0 Å². The number of carboxylic acid groups (broad SMARTS) is 1. The Morgan fingerprint density at radius 1 is 1.15 bits per heavy atom. The summed E-state index contributed by atoms with van der Waals surface area (Å²) in [5, 5.41) is 9.63. The summed E-state index contributed by atoms with van der Waals surface area (Å²) in [5.41, 5.74) is 2.87. The molecule has 2 heterocycles. The van der Waals surface area contributed by atoms with Gasteiger partial charge in [0.1, 0.15) is 0 Å². The van der Waals surface area contributed by atoms with Crippen LogP contribution in [0.3, 0.4) is 0 Å². The summed E-state index contributed by atoms with van der Waals surface area (Å²) in [6.45, 7) is 0.717. The average molecular weight is 372 g/mol. The van der Waals surface area contributed by atoms with Crippen molar-refractivity contribution in [3.63, 3.8) is 0 Å². The molecular formula is C20H20O5S. The second-order valence-electron chi connectivity index (χ2n) is 7.16. The zero-order chi connectivity index (χ0) is 18.4. The predicted molar refractivity (Wildman–Crippen MR) is 96.8 cm³/mol. The molecule has 26 heavy (non-hydrogen) atoms. The van der Waals surface area contributed by atoms with Crippen molar-refractivity contribution in [2.45, 2.75) is 24.2 Å². The van der Waals surface area contributed by atoms with Gasteiger partial charge in [-0.1, -0.05) is 30.3 Å². The molecule has 2 aliphatic rings. The van der Waals surface area contributed by atoms with Crippen LogP contribution in [0.25, 0.3) is 11.1 Å². The van der Waals surface area contributed by atoms with E-state index < -0.39 is 21.2 Å². The molecule has 2 aliphatic heterocycles. The molecule has 0 saturated carbocycles. The Hall–Kier alpha value is -2.18. The Morgan fingerprint density at radius 2 is 1.96 bits per heavy atom. The number of benzene rings is 2. The van der Waals surface area contributed by atoms with Gasteiger partial charge < -0.3 is 9.84 Å². The molecule has 0 radical (unpaired) electrons. The first-order valence-electron chi connectivity index (χ1n) is 8.66. The van der Waals surface area contributed by atoms with Crippen molar-refractivity contribution >= 4 is 15.8 Å². The topological polar surface area (TPSA) is 80.7 Å². The number of hydrogen-bond donors (Lipinski definition) is 1. The summed E-state index contributed by atoms with van der Waals surface area (Å²) in [7, 11) is -3.13. The van der Waals surface area contributed by atoms with Gasteiger partial charge in [-0.3, -0.25) is 4.79 Å². The molecule has 5 nitrogen and oxygen atoms in total. The molecule has 0 amide bonds. The normalized spacial score (nSPS) is 23.7. The van der Waals surface area contributed by atoms with Crippen LogP contribution in [0.5, 0.6) is 0 Å². The quantitative estimate of drug-likeness (QED) is 0.893. The fourth-order valence-corrected chi connectivity index (χ4v) is 5.40. The Kier molecular flexibility index (Phi) is 4.12. The summed E-state index contributed by atoms with van der Waals surface area (Å²) in [6.07, 6.45) is 1.49. The van der Waals surface area contributed by atoms with Crippen LogP contribution >= 0.6 is 0 Å². The molecule has 2 aromatic rings. The summed E-state index contributed by atoms with van der Waals surface area (Å²) >= 11 is 0. The smallest absolute Gasteiger partial charge is 0.312 e. The van der Waals surface area contributed by atoms with Crippen molar-refractivity contribution in [1.82, 2.24) is 0 Å². The highest BCUT2D eigenvalue weighted by Gasteiger charge is 2.42. The van der Waals surface area contributed by atoms with E-state index in [-0.39, 0.29) is 12.4 Å². The highest BCUT2D eigenvalue weighted by atomic mass is 32.2. The van der Waals surface area contributed by atoms with Gasteiger partial charge >= 0.3 is 5.97 Å². The zero-order valence-electron chi connectivity index (χ0n) is 14.3. The Bertz CT molecular complexity index is 971. The van der Waals surface area contributed by atoms with E-state index in [1.54, 1.807) is 6.07 Å². The number of sulfone groups is 1. The van der Waals surface area contributed by atoms with Gasteiger partial charge in [0, 0.05) is 6.61 Å². The molecule has 0 aromatic heterocycles. The molecule has 1 fully saturated rings. The minimum absolute atomic E-state index is 0.174. The molecule has 1 N–H and O–H groups in total. The molecule has 6 heteroatoms. The second kappa shape index (κ2) is 6.21. The van der Waals surface area contributed by atoms with E-state index in [0.29, 0.717) is 30.8 Å². The van der Waals surface area contributed by atoms with Crippen LogP contribution in [0, 0.1) is 5.41 Å². The van der Waals surface area contributed by atoms with Gasteiger partial charge in [0.2, 0.25) is 0 Å². The minimum atomic E-state index is -3.13. The molecule has 136 valence electrons. The van der Waals surface area contributed by atoms with E-state index in [1.165, 1.54) is 0 Å². The number of aliphatic carboxylic acids is 1. The molecule has 0 aliphatic carbocycles. The van der Waals surface area contributed by atoms with Crippen molar-refractivity contribution < 1.29 is 23.1 Å². The van der Waals surface area contributed by atoms with Gasteiger partial charge in [0.15, 0.2) is 9.84 Å². The van der Waals surface area contributed by atoms with Crippen molar-refractivity contribution in [1.29, 1.82) is 0 Å². The maximum atomic E-state index is 12.0. The molecule has 2 aromatic carbocycles. The Morgan fingerprint density at radius 3 is 2.69 bits per heavy atom. The van der Waals surface area contributed by atoms with E-state index in [0.717, 1.165) is 22.3 Å². The first-order valence-corrected chi connectivity index (χ1v) is 10.3. The lowest BCUT2D eigenvalue weighted by Gasteiger charge is -2.22. The fourth-order valence-electron chi connectivity index (χ4n) is 3.85. The van der Waals surface area contributed by atoms with Gasteiger partial charge in [-0.15, -0.1) is 0 Å². The fraction of sp³-hybridized carbons (Fsp3) is 0.350. The third kappa shape index (κ3) is 2.93. The van der Waals surface area contributed by atoms with Gasteiger partial charge in [0.25, 0.3) is 0 Å². The van der Waals surface area contributed by atoms with E-state index >= 15 is 0 Å². The largest absolute Gasteiger partial charge is 0.481 e. The lowest BCUT2D eigenvalue weighted by Crippen LogP contribution is -2.33. The first kappa shape index (κ1) is 17.2. The standard InChI is InChI=1S/C20H20O5S/c21-19(22)20(7-8-25-13-20)12-14-2-1-3-15(10-14)16-4-5-18-17(11-16)6-9-26(18,23)24/h1-5,10-11H,6-9,12-13H2,(H,21,22). The van der Waals surface area contributed by atoms with Crippen molar-refractivity contribution in [3.8, 4) is 11.1 Å². The minimum Gasteiger partial charge on any atom is -0.481 e. The molecule has 1 unspecified atom stereocenters. The summed E-state index contributed by atoms with van der Waals surface area (Å²) in [5.74, 6) is -0.643. The first-order chi connectivity index (χ1) is 12.4. The van der Waals surface area contributed by atoms with Gasteiger partial charge in [-0.25, -0.2) is 8.42 Å². The summed E-state index contributed by atoms with van der Waals surface area (Å²) in [6, 6.07) is 13.3. The summed E-state index contributed by atoms with van der Waals surface area (Å²) < 4.78 is 29.3. The maximum absolute atomic E-state index is 12.0. The molecule has 0 bridgehead atoms. The van der Waals surface area contributed by atoms with Crippen LogP contribution in [-0.4, -0.2) is 38.5 Å². The van der Waals surface area contributed by atoms with E-state index in [1.807, 2.05) is 36.4 Å². The molecule has 4 rings (SSSR count). The van der Waals surface area contributed by atoms with Crippen molar-refractivity contribution in [3.05, 3.63) is 53.6 Å². The lowest BCUT2D eigenvalue weighted by atomic mass is 9.80. The monoisotopic (exact) mass is 372 g/mol. The number of rotatable bonds is 4. The number of aryl methyl sites for hydroxylation is 1. The Balaban J connectivity index is 1.66. The van der Waals surface area contributed by atoms with Crippen molar-refractivity contribution in [2.24, 2.45) is 5.41 Å². The number of fused-ring (bicyclic) bond motifs is 1. The van der Waals surface area contributed by atoms with Crippen LogP contribution in [0.15, 0.2) is 47.4 Å². The highest BCUT2D eigenvalue weighted by molar-refractivity contribution is 7.91. The Labute approximate surface area is 152 Å². The zero-order valence-corrected chi connectivity index (χ0v) is 15.1. The van der Waals surface area contributed by atoms with E-state index in [2.05, 4.69) is 0 Å². The average Bonchev–Trinajstić information content (AvgIpc) is 3.21. The SMILES string of the molecule is O=C(O)C1(Cc2cccc(-c3ccc4c(c3)CCS4(=O)=O)c2)CCOC1. The molecule has 1 atom stereocenters. The molecular weight excluding hydrogens is 352 g/mol. The second-order valence-corrected chi connectivity index (χ2v) is 9.23. The van der Waals surface area contributed by atoms with E-state index in [9.17, 15) is 18.3 Å². The summed E-state index contributed by atoms with van der Waals surface area (Å²) in [4.78, 5) is 12.2. The van der Waals surface area contributed by atoms with Crippen LogP contribution in [0.1, 0.15) is 17.5 Å². The number of carbonyl (C=O) groups is 1. The molecule has 0 spiro atoms. The van der Waals surface area contributed by atoms with Crippen LogP contribution in [-0.2, 0) is 32.2 Å². The van der Waals surface area contributed by atoms with Crippen LogP contribution in [0.2, 0.25) is 0 Å². The number of ether oxygens (including phenoxy) is 1. The third-order valence-corrected chi connectivity index (χ3v) is 7.21.